The molecule has 0 saturated heterocycles. The minimum absolute atomic E-state index is 0.264. The molecule has 1 N–H and O–H groups in total. The van der Waals surface area contributed by atoms with Crippen molar-refractivity contribution in [3.8, 4) is 0 Å². The van der Waals surface area contributed by atoms with Gasteiger partial charge in [-0.05, 0) is 27.7 Å². The fourth-order valence-electron chi connectivity index (χ4n) is 1.28. The number of aromatic carboxylic acids is 1. The number of carbonyl (C=O) groups is 2. The standard InChI is InChI=1S/C12H18N2O5/c1-7(8-6-9(10(15)16)19-13-8)14(5)11(17)18-12(2,3)4/h6-7H,1-5H3,(H,15,16). The lowest BCUT2D eigenvalue weighted by Crippen LogP contribution is -2.35. The number of ether oxygens (including phenoxy) is 1. The van der Waals surface area contributed by atoms with Gasteiger partial charge in [-0.2, -0.15) is 0 Å². The molecule has 0 aromatic carbocycles. The van der Waals surface area contributed by atoms with Gasteiger partial charge >= 0.3 is 12.1 Å². The summed E-state index contributed by atoms with van der Waals surface area (Å²) in [6, 6.07) is 0.833. The number of carbonyl (C=O) groups excluding carboxylic acids is 1. The zero-order valence-electron chi connectivity index (χ0n) is 11.6. The Labute approximate surface area is 111 Å². The predicted molar refractivity (Wildman–Crippen MR) is 65.9 cm³/mol. The van der Waals surface area contributed by atoms with E-state index in [1.165, 1.54) is 11.0 Å². The monoisotopic (exact) mass is 270 g/mol. The van der Waals surface area contributed by atoms with Gasteiger partial charge in [0.2, 0.25) is 5.76 Å². The number of amides is 1. The van der Waals surface area contributed by atoms with Crippen LogP contribution >= 0.6 is 0 Å². The zero-order valence-corrected chi connectivity index (χ0v) is 11.6. The zero-order chi connectivity index (χ0) is 14.8. The van der Waals surface area contributed by atoms with Gasteiger partial charge in [-0.3, -0.25) is 0 Å². The molecule has 0 spiro atoms. The molecule has 0 aliphatic rings. The molecule has 1 rings (SSSR count). The SMILES string of the molecule is CC(c1cc(C(=O)O)on1)N(C)C(=O)OC(C)(C)C. The van der Waals surface area contributed by atoms with Crippen molar-refractivity contribution in [1.29, 1.82) is 0 Å². The smallest absolute Gasteiger partial charge is 0.410 e. The minimum Gasteiger partial charge on any atom is -0.475 e. The quantitative estimate of drug-likeness (QED) is 0.905. The van der Waals surface area contributed by atoms with Crippen LogP contribution in [-0.2, 0) is 4.74 Å². The Bertz CT molecular complexity index is 475. The van der Waals surface area contributed by atoms with Crippen molar-refractivity contribution >= 4 is 12.1 Å². The summed E-state index contributed by atoms with van der Waals surface area (Å²) in [6.45, 7) is 7.00. The first-order valence-electron chi connectivity index (χ1n) is 5.77. The molecular formula is C12H18N2O5. The Morgan fingerprint density at radius 3 is 2.47 bits per heavy atom. The lowest BCUT2D eigenvalue weighted by atomic mass is 10.2. The lowest BCUT2D eigenvalue weighted by Gasteiger charge is -2.27. The molecule has 7 heteroatoms. The Morgan fingerprint density at radius 1 is 1.47 bits per heavy atom. The van der Waals surface area contributed by atoms with Crippen LogP contribution in [0.1, 0.15) is 50.0 Å². The van der Waals surface area contributed by atoms with Gasteiger partial charge in [0, 0.05) is 13.1 Å². The van der Waals surface area contributed by atoms with E-state index < -0.39 is 23.7 Å². The van der Waals surface area contributed by atoms with Gasteiger partial charge in [0.1, 0.15) is 11.3 Å². The van der Waals surface area contributed by atoms with Crippen LogP contribution in [0.3, 0.4) is 0 Å². The number of hydrogen-bond donors (Lipinski definition) is 1. The van der Waals surface area contributed by atoms with Crippen LogP contribution < -0.4 is 0 Å². The first kappa shape index (κ1) is 15.0. The Kier molecular flexibility index (Phi) is 4.18. The molecule has 1 amide bonds. The molecular weight excluding hydrogens is 252 g/mol. The van der Waals surface area contributed by atoms with E-state index in [-0.39, 0.29) is 5.76 Å². The van der Waals surface area contributed by atoms with Gasteiger partial charge in [-0.1, -0.05) is 5.16 Å². The lowest BCUT2D eigenvalue weighted by molar-refractivity contribution is 0.0228. The van der Waals surface area contributed by atoms with Crippen molar-refractivity contribution in [1.82, 2.24) is 10.1 Å². The highest BCUT2D eigenvalue weighted by Crippen LogP contribution is 2.21. The molecule has 0 saturated carbocycles. The van der Waals surface area contributed by atoms with E-state index in [1.807, 2.05) is 0 Å². The molecule has 19 heavy (non-hydrogen) atoms. The summed E-state index contributed by atoms with van der Waals surface area (Å²) in [7, 11) is 1.55. The Morgan fingerprint density at radius 2 is 2.05 bits per heavy atom. The van der Waals surface area contributed by atoms with E-state index in [4.69, 9.17) is 9.84 Å². The summed E-state index contributed by atoms with van der Waals surface area (Å²) in [5, 5.41) is 12.4. The van der Waals surface area contributed by atoms with Crippen LogP contribution in [0, 0.1) is 0 Å². The van der Waals surface area contributed by atoms with Gasteiger partial charge in [-0.25, -0.2) is 9.59 Å². The van der Waals surface area contributed by atoms with Gasteiger partial charge in [-0.15, -0.1) is 0 Å². The summed E-state index contributed by atoms with van der Waals surface area (Å²) in [4.78, 5) is 23.9. The second kappa shape index (κ2) is 5.29. The molecule has 0 aliphatic heterocycles. The molecule has 7 nitrogen and oxygen atoms in total. The molecule has 106 valence electrons. The third kappa shape index (κ3) is 3.97. The molecule has 0 radical (unpaired) electrons. The highest BCUT2D eigenvalue weighted by atomic mass is 16.6. The Balaban J connectivity index is 2.78. The maximum Gasteiger partial charge on any atom is 0.410 e. The average Bonchev–Trinajstić information content (AvgIpc) is 2.73. The predicted octanol–water partition coefficient (Wildman–Crippen LogP) is 2.30. The van der Waals surface area contributed by atoms with E-state index in [1.54, 1.807) is 34.7 Å². The van der Waals surface area contributed by atoms with Crippen LogP contribution in [0.2, 0.25) is 0 Å². The molecule has 0 fully saturated rings. The summed E-state index contributed by atoms with van der Waals surface area (Å²) in [5.74, 6) is -1.47. The third-order valence-electron chi connectivity index (χ3n) is 2.43. The number of nitrogens with zero attached hydrogens (tertiary/aromatic N) is 2. The van der Waals surface area contributed by atoms with E-state index in [0.717, 1.165) is 0 Å². The van der Waals surface area contributed by atoms with E-state index >= 15 is 0 Å². The van der Waals surface area contributed by atoms with E-state index in [2.05, 4.69) is 9.68 Å². The van der Waals surface area contributed by atoms with Gasteiger partial charge < -0.3 is 19.3 Å². The van der Waals surface area contributed by atoms with E-state index in [0.29, 0.717) is 5.69 Å². The summed E-state index contributed by atoms with van der Waals surface area (Å²) in [5.41, 5.74) is -0.244. The minimum atomic E-state index is -1.20. The maximum atomic E-state index is 11.8. The number of hydrogen-bond acceptors (Lipinski definition) is 5. The molecule has 1 atom stereocenters. The fourth-order valence-corrected chi connectivity index (χ4v) is 1.28. The van der Waals surface area contributed by atoms with Gasteiger partial charge in [0.15, 0.2) is 0 Å². The maximum absolute atomic E-state index is 11.8. The van der Waals surface area contributed by atoms with Crippen molar-refractivity contribution in [3.05, 3.63) is 17.5 Å². The summed E-state index contributed by atoms with van der Waals surface area (Å²) >= 11 is 0. The first-order valence-corrected chi connectivity index (χ1v) is 5.77. The summed E-state index contributed by atoms with van der Waals surface area (Å²) < 4.78 is 9.86. The first-order chi connectivity index (χ1) is 8.61. The molecule has 1 unspecified atom stereocenters. The van der Waals surface area contributed by atoms with Gasteiger partial charge in [0.25, 0.3) is 0 Å². The average molecular weight is 270 g/mol. The Hall–Kier alpha value is -2.05. The number of carboxylic acid groups (broad SMARTS) is 1. The van der Waals surface area contributed by atoms with Crippen molar-refractivity contribution in [2.24, 2.45) is 0 Å². The number of carboxylic acids is 1. The van der Waals surface area contributed by atoms with E-state index in [9.17, 15) is 9.59 Å². The number of aromatic nitrogens is 1. The normalized spacial score (nSPS) is 12.9. The van der Waals surface area contributed by atoms with Crippen LogP contribution in [0.25, 0.3) is 0 Å². The molecule has 1 aromatic rings. The van der Waals surface area contributed by atoms with Crippen LogP contribution in [0.5, 0.6) is 0 Å². The third-order valence-corrected chi connectivity index (χ3v) is 2.43. The van der Waals surface area contributed by atoms with Crippen molar-refractivity contribution in [2.75, 3.05) is 7.05 Å². The van der Waals surface area contributed by atoms with Crippen molar-refractivity contribution < 1.29 is 24.0 Å². The largest absolute Gasteiger partial charge is 0.475 e. The molecule has 1 aromatic heterocycles. The number of rotatable bonds is 3. The molecule has 0 aliphatic carbocycles. The van der Waals surface area contributed by atoms with Crippen molar-refractivity contribution in [2.45, 2.75) is 39.3 Å². The highest BCUT2D eigenvalue weighted by molar-refractivity contribution is 5.84. The van der Waals surface area contributed by atoms with Crippen molar-refractivity contribution in [3.63, 3.8) is 0 Å². The topological polar surface area (TPSA) is 92.9 Å². The molecule has 1 heterocycles. The second-order valence-corrected chi connectivity index (χ2v) is 5.19. The molecule has 0 bridgehead atoms. The highest BCUT2D eigenvalue weighted by Gasteiger charge is 2.26. The second-order valence-electron chi connectivity index (χ2n) is 5.19. The van der Waals surface area contributed by atoms with Gasteiger partial charge in [0.05, 0.1) is 6.04 Å². The fraction of sp³-hybridized carbons (Fsp3) is 0.583. The summed E-state index contributed by atoms with van der Waals surface area (Å²) in [6.07, 6.45) is -0.514. The van der Waals surface area contributed by atoms with Crippen LogP contribution in [0.15, 0.2) is 10.6 Å². The van der Waals surface area contributed by atoms with Crippen LogP contribution in [-0.4, -0.2) is 39.9 Å². The van der Waals surface area contributed by atoms with Crippen LogP contribution in [0.4, 0.5) is 4.79 Å².